The van der Waals surface area contributed by atoms with Gasteiger partial charge < -0.3 is 16.0 Å². The molecule has 3 rings (SSSR count). The molecule has 3 N–H and O–H groups in total. The van der Waals surface area contributed by atoms with Crippen LogP contribution < -0.4 is 11.1 Å². The lowest BCUT2D eigenvalue weighted by Crippen LogP contribution is -2.36. The molecule has 2 heterocycles. The van der Waals surface area contributed by atoms with E-state index in [0.29, 0.717) is 10.7 Å². The molecule has 1 atom stereocenters. The minimum absolute atomic E-state index is 0.0193. The van der Waals surface area contributed by atoms with Gasteiger partial charge in [0.05, 0.1) is 10.2 Å². The Labute approximate surface area is 115 Å². The van der Waals surface area contributed by atoms with Gasteiger partial charge in [0, 0.05) is 18.2 Å². The fraction of sp³-hybridized carbons (Fsp3) is 0.385. The summed E-state index contributed by atoms with van der Waals surface area (Å²) in [6, 6.07) is 5.75. The molecule has 0 aliphatic carbocycles. The molecule has 1 aromatic carbocycles. The number of nitrogens with zero attached hydrogens (tertiary/aromatic N) is 2. The van der Waals surface area contributed by atoms with E-state index < -0.39 is 0 Å². The van der Waals surface area contributed by atoms with E-state index in [-0.39, 0.29) is 11.9 Å². The van der Waals surface area contributed by atoms with Gasteiger partial charge in [-0.05, 0) is 38.2 Å². The van der Waals surface area contributed by atoms with Gasteiger partial charge in [-0.3, -0.25) is 4.79 Å². The highest BCUT2D eigenvalue weighted by Gasteiger charge is 2.21. The molecular formula is C13H16N4OS. The lowest BCUT2D eigenvalue weighted by molar-refractivity contribution is 0.0938. The van der Waals surface area contributed by atoms with Crippen molar-refractivity contribution in [3.8, 4) is 0 Å². The Balaban J connectivity index is 1.77. The Morgan fingerprint density at radius 3 is 3.16 bits per heavy atom. The zero-order valence-electron chi connectivity index (χ0n) is 10.7. The second kappa shape index (κ2) is 4.79. The minimum atomic E-state index is -0.0193. The van der Waals surface area contributed by atoms with Crippen molar-refractivity contribution in [3.05, 3.63) is 23.8 Å². The van der Waals surface area contributed by atoms with E-state index in [9.17, 15) is 4.79 Å². The Morgan fingerprint density at radius 1 is 1.58 bits per heavy atom. The smallest absolute Gasteiger partial charge is 0.251 e. The molecule has 1 saturated heterocycles. The Hall–Kier alpha value is -1.66. The van der Waals surface area contributed by atoms with Crippen molar-refractivity contribution in [2.75, 3.05) is 25.9 Å². The van der Waals surface area contributed by atoms with E-state index >= 15 is 0 Å². The highest BCUT2D eigenvalue weighted by atomic mass is 32.1. The predicted octanol–water partition coefficient (Wildman–Crippen LogP) is 1.31. The van der Waals surface area contributed by atoms with E-state index in [1.54, 1.807) is 6.07 Å². The third kappa shape index (κ3) is 2.54. The summed E-state index contributed by atoms with van der Waals surface area (Å²) in [5.74, 6) is -0.0193. The van der Waals surface area contributed by atoms with Gasteiger partial charge >= 0.3 is 0 Å². The molecule has 6 heteroatoms. The zero-order chi connectivity index (χ0) is 13.4. The second-order valence-electron chi connectivity index (χ2n) is 4.96. The third-order valence-electron chi connectivity index (χ3n) is 3.39. The van der Waals surface area contributed by atoms with Gasteiger partial charge in [0.1, 0.15) is 0 Å². The molecular weight excluding hydrogens is 260 g/mol. The maximum atomic E-state index is 12.2. The van der Waals surface area contributed by atoms with Crippen LogP contribution in [0.5, 0.6) is 0 Å². The Kier molecular flexibility index (Phi) is 3.12. The highest BCUT2D eigenvalue weighted by molar-refractivity contribution is 7.22. The molecule has 1 aromatic heterocycles. The first-order valence-electron chi connectivity index (χ1n) is 6.27. The summed E-state index contributed by atoms with van der Waals surface area (Å²) >= 11 is 1.41. The number of fused-ring (bicyclic) bond motifs is 1. The molecule has 1 aliphatic heterocycles. The number of carbonyl (C=O) groups excluding carboxylic acids is 1. The maximum Gasteiger partial charge on any atom is 0.251 e. The van der Waals surface area contributed by atoms with Crippen molar-refractivity contribution in [2.24, 2.45) is 0 Å². The number of carbonyl (C=O) groups is 1. The predicted molar refractivity (Wildman–Crippen MR) is 77.4 cm³/mol. The van der Waals surface area contributed by atoms with Crippen LogP contribution in [-0.4, -0.2) is 42.0 Å². The van der Waals surface area contributed by atoms with Crippen molar-refractivity contribution in [1.29, 1.82) is 0 Å². The molecule has 2 aromatic rings. The van der Waals surface area contributed by atoms with Gasteiger partial charge in [0.15, 0.2) is 5.13 Å². The fourth-order valence-electron chi connectivity index (χ4n) is 2.41. The number of anilines is 1. The van der Waals surface area contributed by atoms with Gasteiger partial charge in [0.25, 0.3) is 5.91 Å². The number of benzene rings is 1. The van der Waals surface area contributed by atoms with Crippen LogP contribution in [0.4, 0.5) is 5.13 Å². The minimum Gasteiger partial charge on any atom is -0.375 e. The molecule has 19 heavy (non-hydrogen) atoms. The van der Waals surface area contributed by atoms with Crippen LogP contribution in [0.1, 0.15) is 16.8 Å². The summed E-state index contributed by atoms with van der Waals surface area (Å²) in [6.07, 6.45) is 1.01. The average Bonchev–Trinajstić information content (AvgIpc) is 2.93. The number of nitrogens with two attached hydrogens (primary N) is 1. The van der Waals surface area contributed by atoms with Crippen LogP contribution in [0.3, 0.4) is 0 Å². The number of thiazole rings is 1. The van der Waals surface area contributed by atoms with Crippen molar-refractivity contribution in [2.45, 2.75) is 12.5 Å². The lowest BCUT2D eigenvalue weighted by Gasteiger charge is -2.12. The van der Waals surface area contributed by atoms with E-state index in [0.717, 1.165) is 29.7 Å². The van der Waals surface area contributed by atoms with Crippen molar-refractivity contribution in [1.82, 2.24) is 15.2 Å². The van der Waals surface area contributed by atoms with Gasteiger partial charge in [-0.1, -0.05) is 11.3 Å². The monoisotopic (exact) mass is 276 g/mol. The van der Waals surface area contributed by atoms with Crippen LogP contribution in [0.25, 0.3) is 10.2 Å². The standard InChI is InChI=1S/C13H16N4OS/c1-17-5-4-9(7-17)15-12(18)8-2-3-10-11(6-8)19-13(14)16-10/h2-3,6,9H,4-5,7H2,1H3,(H2,14,16)(H,15,18). The first-order valence-corrected chi connectivity index (χ1v) is 7.09. The highest BCUT2D eigenvalue weighted by Crippen LogP contribution is 2.24. The molecule has 1 amide bonds. The first kappa shape index (κ1) is 12.4. The van der Waals surface area contributed by atoms with Gasteiger partial charge in [-0.25, -0.2) is 4.98 Å². The summed E-state index contributed by atoms with van der Waals surface area (Å²) in [5, 5.41) is 3.60. The number of aromatic nitrogens is 1. The van der Waals surface area contributed by atoms with Gasteiger partial charge in [0.2, 0.25) is 0 Å². The van der Waals surface area contributed by atoms with Gasteiger partial charge in [-0.2, -0.15) is 0 Å². The summed E-state index contributed by atoms with van der Waals surface area (Å²) in [5.41, 5.74) is 7.18. The Bertz CT molecular complexity index is 624. The molecule has 1 fully saturated rings. The molecule has 0 saturated carbocycles. The van der Waals surface area contributed by atoms with Crippen LogP contribution >= 0.6 is 11.3 Å². The number of hydrogen-bond donors (Lipinski definition) is 2. The number of nitrogen functional groups attached to an aromatic ring is 1. The van der Waals surface area contributed by atoms with E-state index in [4.69, 9.17) is 5.73 Å². The van der Waals surface area contributed by atoms with E-state index in [1.165, 1.54) is 11.3 Å². The second-order valence-corrected chi connectivity index (χ2v) is 6.02. The SMILES string of the molecule is CN1CCC(NC(=O)c2ccc3nc(N)sc3c2)C1. The van der Waals surface area contributed by atoms with Crippen LogP contribution in [0.15, 0.2) is 18.2 Å². The lowest BCUT2D eigenvalue weighted by atomic mass is 10.2. The number of hydrogen-bond acceptors (Lipinski definition) is 5. The zero-order valence-corrected chi connectivity index (χ0v) is 11.5. The molecule has 1 unspecified atom stereocenters. The van der Waals surface area contributed by atoms with E-state index in [2.05, 4.69) is 22.2 Å². The van der Waals surface area contributed by atoms with E-state index in [1.807, 2.05) is 12.1 Å². The van der Waals surface area contributed by atoms with Crippen molar-refractivity contribution >= 4 is 32.6 Å². The number of amides is 1. The third-order valence-corrected chi connectivity index (χ3v) is 4.24. The quantitative estimate of drug-likeness (QED) is 0.867. The molecule has 1 aliphatic rings. The van der Waals surface area contributed by atoms with Crippen LogP contribution in [-0.2, 0) is 0 Å². The summed E-state index contributed by atoms with van der Waals surface area (Å²) in [7, 11) is 2.07. The number of rotatable bonds is 2. The molecule has 0 spiro atoms. The number of likely N-dealkylation sites (N-methyl/N-ethyl adjacent to an activating group) is 1. The topological polar surface area (TPSA) is 71.2 Å². The molecule has 5 nitrogen and oxygen atoms in total. The largest absolute Gasteiger partial charge is 0.375 e. The first-order chi connectivity index (χ1) is 9.11. The van der Waals surface area contributed by atoms with Crippen LogP contribution in [0.2, 0.25) is 0 Å². The van der Waals surface area contributed by atoms with Crippen LogP contribution in [0, 0.1) is 0 Å². The maximum absolute atomic E-state index is 12.2. The normalized spacial score (nSPS) is 19.9. The summed E-state index contributed by atoms with van der Waals surface area (Å²) in [6.45, 7) is 1.96. The number of nitrogens with one attached hydrogen (secondary N) is 1. The summed E-state index contributed by atoms with van der Waals surface area (Å²) < 4.78 is 0.952. The molecule has 0 radical (unpaired) electrons. The Morgan fingerprint density at radius 2 is 2.42 bits per heavy atom. The van der Waals surface area contributed by atoms with Crippen molar-refractivity contribution in [3.63, 3.8) is 0 Å². The fourth-order valence-corrected chi connectivity index (χ4v) is 3.18. The van der Waals surface area contributed by atoms with Gasteiger partial charge in [-0.15, -0.1) is 0 Å². The van der Waals surface area contributed by atoms with Crippen molar-refractivity contribution < 1.29 is 4.79 Å². The number of likely N-dealkylation sites (tertiary alicyclic amines) is 1. The molecule has 0 bridgehead atoms. The molecule has 100 valence electrons. The average molecular weight is 276 g/mol. The summed E-state index contributed by atoms with van der Waals surface area (Å²) in [4.78, 5) is 18.6.